The molecule has 1 aromatic rings. The normalized spacial score (nSPS) is 49.6. The van der Waals surface area contributed by atoms with Crippen LogP contribution in [0.15, 0.2) is 30.3 Å². The van der Waals surface area contributed by atoms with E-state index in [2.05, 4.69) is 0 Å². The molecule has 4 saturated heterocycles. The van der Waals surface area contributed by atoms with Crippen molar-refractivity contribution in [1.29, 1.82) is 0 Å². The van der Waals surface area contributed by atoms with Crippen LogP contribution in [-0.2, 0) is 33.8 Å². The molecule has 14 heteroatoms. The van der Waals surface area contributed by atoms with E-state index in [1.165, 1.54) is 0 Å². The fourth-order valence-electron chi connectivity index (χ4n) is 7.17. The van der Waals surface area contributed by atoms with E-state index in [1.807, 2.05) is 0 Å². The van der Waals surface area contributed by atoms with E-state index in [0.717, 1.165) is 0 Å². The Labute approximate surface area is 211 Å². The Kier molecular flexibility index (Phi) is 5.46. The molecule has 0 spiro atoms. The zero-order chi connectivity index (χ0) is 26.6. The van der Waals surface area contributed by atoms with E-state index < -0.39 is 93.8 Å². The molecule has 37 heavy (non-hydrogen) atoms. The Hall–Kier alpha value is -1.72. The van der Waals surface area contributed by atoms with Crippen LogP contribution in [0.3, 0.4) is 0 Å². The minimum Gasteiger partial charge on any atom is -0.461 e. The minimum atomic E-state index is -4.76. The fraction of sp³-hybridized carbons (Fsp3) is 0.696. The SMILES string of the molecule is C[C@@]12C[C@]3(S(=O)(=O)O)O[C@H](O1)[C@]1(COC(=O)c4ccccc4)[C@H]3C[C@]12O[C@@H]1O[C@H](CO)[C@@H](O)[C@H](O)[C@H]1O. The van der Waals surface area contributed by atoms with Crippen molar-refractivity contribution in [2.24, 2.45) is 11.3 Å². The van der Waals surface area contributed by atoms with Crippen LogP contribution >= 0.6 is 0 Å². The van der Waals surface area contributed by atoms with Crippen LogP contribution in [0.4, 0.5) is 0 Å². The summed E-state index contributed by atoms with van der Waals surface area (Å²) >= 11 is 0. The smallest absolute Gasteiger partial charge is 0.338 e. The second-order valence-corrected chi connectivity index (χ2v) is 12.3. The Balaban J connectivity index is 1.38. The molecule has 5 N–H and O–H groups in total. The van der Waals surface area contributed by atoms with Crippen molar-refractivity contribution in [2.75, 3.05) is 13.2 Å². The Morgan fingerprint density at radius 2 is 1.81 bits per heavy atom. The van der Waals surface area contributed by atoms with Crippen LogP contribution in [-0.4, -0.2) is 106 Å². The zero-order valence-corrected chi connectivity index (χ0v) is 20.5. The van der Waals surface area contributed by atoms with Crippen molar-refractivity contribution in [3.63, 3.8) is 0 Å². The molecular weight excluding hydrogens is 516 g/mol. The second kappa shape index (κ2) is 7.91. The summed E-state index contributed by atoms with van der Waals surface area (Å²) in [7, 11) is -4.76. The third-order valence-electron chi connectivity index (χ3n) is 8.98. The number of hydrogen-bond donors (Lipinski definition) is 5. The Morgan fingerprint density at radius 3 is 2.46 bits per heavy atom. The highest BCUT2D eigenvalue weighted by Gasteiger charge is 2.96. The molecule has 1 aromatic carbocycles. The molecule has 7 aliphatic rings. The molecule has 3 saturated carbocycles. The maximum Gasteiger partial charge on any atom is 0.338 e. The average molecular weight is 545 g/mol. The number of esters is 1. The van der Waals surface area contributed by atoms with Gasteiger partial charge in [0, 0.05) is 12.3 Å². The first-order valence-electron chi connectivity index (χ1n) is 11.9. The van der Waals surface area contributed by atoms with Gasteiger partial charge >= 0.3 is 5.97 Å². The Bertz CT molecular complexity index is 1210. The topological polar surface area (TPSA) is 199 Å². The van der Waals surface area contributed by atoms with Gasteiger partial charge in [-0.05, 0) is 25.5 Å². The lowest BCUT2D eigenvalue weighted by Gasteiger charge is -2.68. The average Bonchev–Trinajstić information content (AvgIpc) is 3.07. The summed E-state index contributed by atoms with van der Waals surface area (Å²) in [5.41, 5.74) is -4.01. The highest BCUT2D eigenvalue weighted by molar-refractivity contribution is 7.87. The first kappa shape index (κ1) is 25.6. The number of carbonyl (C=O) groups is 1. The lowest BCUT2D eigenvalue weighted by molar-refractivity contribution is -0.393. The first-order chi connectivity index (χ1) is 17.4. The number of aliphatic hydroxyl groups is 4. The van der Waals surface area contributed by atoms with E-state index in [1.54, 1.807) is 37.3 Å². The number of rotatable bonds is 7. The van der Waals surface area contributed by atoms with E-state index in [4.69, 9.17) is 23.7 Å². The summed E-state index contributed by atoms with van der Waals surface area (Å²) in [6.07, 6.45) is -9.44. The molecule has 6 bridgehead atoms. The van der Waals surface area contributed by atoms with Crippen molar-refractivity contribution in [3.05, 3.63) is 35.9 Å². The summed E-state index contributed by atoms with van der Waals surface area (Å²) in [6.45, 7) is 0.495. The maximum absolute atomic E-state index is 12.8. The van der Waals surface area contributed by atoms with Crippen molar-refractivity contribution >= 4 is 16.1 Å². The minimum absolute atomic E-state index is 0.0301. The van der Waals surface area contributed by atoms with Gasteiger partial charge in [-0.15, -0.1) is 0 Å². The van der Waals surface area contributed by atoms with Gasteiger partial charge in [0.25, 0.3) is 10.1 Å². The van der Waals surface area contributed by atoms with Crippen LogP contribution in [0.25, 0.3) is 0 Å². The molecule has 0 aromatic heterocycles. The van der Waals surface area contributed by atoms with Gasteiger partial charge < -0.3 is 44.1 Å². The summed E-state index contributed by atoms with van der Waals surface area (Å²) < 4.78 is 64.8. The van der Waals surface area contributed by atoms with E-state index in [-0.39, 0.29) is 18.4 Å². The van der Waals surface area contributed by atoms with Gasteiger partial charge in [-0.25, -0.2) is 4.79 Å². The van der Waals surface area contributed by atoms with Gasteiger partial charge in [0.2, 0.25) is 4.93 Å². The number of ether oxygens (including phenoxy) is 5. The van der Waals surface area contributed by atoms with Crippen molar-refractivity contribution in [1.82, 2.24) is 0 Å². The molecule has 13 nitrogen and oxygen atoms in total. The van der Waals surface area contributed by atoms with Gasteiger partial charge in [-0.2, -0.15) is 8.42 Å². The molecular formula is C23H28O13S. The van der Waals surface area contributed by atoms with Crippen molar-refractivity contribution < 1.29 is 61.9 Å². The summed E-state index contributed by atoms with van der Waals surface area (Å²) in [5.74, 6) is -1.58. The van der Waals surface area contributed by atoms with E-state index in [9.17, 15) is 38.2 Å². The van der Waals surface area contributed by atoms with Crippen LogP contribution in [0.1, 0.15) is 30.1 Å². The molecule has 4 aliphatic heterocycles. The molecule has 4 heterocycles. The maximum atomic E-state index is 12.8. The molecule has 8 rings (SSSR count). The summed E-state index contributed by atoms with van der Waals surface area (Å²) in [6, 6.07) is 8.13. The second-order valence-electron chi connectivity index (χ2n) is 10.6. The third-order valence-corrected chi connectivity index (χ3v) is 10.4. The highest BCUT2D eigenvalue weighted by atomic mass is 32.2. The Morgan fingerprint density at radius 1 is 1.11 bits per heavy atom. The third kappa shape index (κ3) is 2.99. The molecule has 11 atom stereocenters. The first-order valence-corrected chi connectivity index (χ1v) is 13.3. The van der Waals surface area contributed by atoms with Gasteiger partial charge in [-0.3, -0.25) is 4.55 Å². The van der Waals surface area contributed by atoms with Crippen LogP contribution in [0, 0.1) is 11.3 Å². The molecule has 7 fully saturated rings. The predicted molar refractivity (Wildman–Crippen MR) is 118 cm³/mol. The molecule has 0 radical (unpaired) electrons. The summed E-state index contributed by atoms with van der Waals surface area (Å²) in [4.78, 5) is 10.8. The van der Waals surface area contributed by atoms with Gasteiger partial charge in [0.05, 0.1) is 17.6 Å². The van der Waals surface area contributed by atoms with Gasteiger partial charge in [0.1, 0.15) is 42.2 Å². The van der Waals surface area contributed by atoms with Crippen molar-refractivity contribution in [3.8, 4) is 0 Å². The summed E-state index contributed by atoms with van der Waals surface area (Å²) in [5, 5.41) is 40.6. The van der Waals surface area contributed by atoms with Crippen LogP contribution < -0.4 is 0 Å². The molecule has 0 unspecified atom stereocenters. The number of hydrogen-bond acceptors (Lipinski definition) is 12. The lowest BCUT2D eigenvalue weighted by atomic mass is 9.41. The molecule has 3 aliphatic carbocycles. The lowest BCUT2D eigenvalue weighted by Crippen LogP contribution is -2.81. The predicted octanol–water partition coefficient (Wildman–Crippen LogP) is -1.46. The fourth-order valence-corrected chi connectivity index (χ4v) is 8.49. The van der Waals surface area contributed by atoms with Crippen molar-refractivity contribution in [2.45, 2.75) is 72.9 Å². The van der Waals surface area contributed by atoms with Gasteiger partial charge in [0.15, 0.2) is 12.6 Å². The monoisotopic (exact) mass is 544 g/mol. The number of carbonyl (C=O) groups excluding carboxylic acids is 1. The largest absolute Gasteiger partial charge is 0.461 e. The highest BCUT2D eigenvalue weighted by Crippen LogP contribution is 2.83. The van der Waals surface area contributed by atoms with Crippen LogP contribution in [0.5, 0.6) is 0 Å². The number of aliphatic hydroxyl groups excluding tert-OH is 4. The standard InChI is InChI=1S/C23H28O13S/c1-20-9-22(37(29,30)31)13-7-23(20,34-18-16(27)15(26)14(25)12(8-24)33-18)21(13,19(35-20)36-22)10-32-17(28)11-5-3-2-4-6-11/h2-6,12-16,18-19,24-27H,7-10H2,1H3,(H,29,30,31)/t12-,13-,14-,15+,16-,18+,19+,20+,21+,22-,23-/m1/s1. The number of benzene rings is 1. The van der Waals surface area contributed by atoms with E-state index in [0.29, 0.717) is 0 Å². The van der Waals surface area contributed by atoms with Crippen LogP contribution in [0.2, 0.25) is 0 Å². The molecule has 0 amide bonds. The quantitative estimate of drug-likeness (QED) is 0.197. The van der Waals surface area contributed by atoms with Gasteiger partial charge in [-0.1, -0.05) is 18.2 Å². The molecule has 204 valence electrons. The van der Waals surface area contributed by atoms with E-state index >= 15 is 0 Å². The zero-order valence-electron chi connectivity index (χ0n) is 19.7.